The minimum atomic E-state index is -0.716. The molecule has 0 unspecified atom stereocenters. The lowest BCUT2D eigenvalue weighted by molar-refractivity contribution is -0.140. The Morgan fingerprint density at radius 3 is 2.47 bits per heavy atom. The normalized spacial score (nSPS) is 17.4. The van der Waals surface area contributed by atoms with Gasteiger partial charge in [-0.05, 0) is 41.5 Å². The molecule has 6 nitrogen and oxygen atoms in total. The van der Waals surface area contributed by atoms with E-state index in [9.17, 15) is 14.7 Å². The second-order valence-corrected chi connectivity index (χ2v) is 7.32. The highest BCUT2D eigenvalue weighted by Crippen LogP contribution is 2.40. The van der Waals surface area contributed by atoms with E-state index in [0.717, 1.165) is 11.1 Å². The molecule has 0 aliphatic carbocycles. The van der Waals surface area contributed by atoms with Crippen molar-refractivity contribution in [1.82, 2.24) is 9.88 Å². The smallest absolute Gasteiger partial charge is 0.295 e. The first-order chi connectivity index (χ1) is 15.6. The topological polar surface area (TPSA) is 79.7 Å². The van der Waals surface area contributed by atoms with Gasteiger partial charge in [-0.15, -0.1) is 0 Å². The number of likely N-dealkylation sites (tertiary alicyclic amines) is 1. The number of Topliss-reactive ketones (excluding diaryl/α,β-unsaturated/α-hetero) is 1. The van der Waals surface area contributed by atoms with Gasteiger partial charge in [-0.1, -0.05) is 49.1 Å². The second-order valence-electron chi connectivity index (χ2n) is 7.32. The molecule has 0 radical (unpaired) electrons. The summed E-state index contributed by atoms with van der Waals surface area (Å²) in [5.74, 6) is -0.985. The van der Waals surface area contributed by atoms with Gasteiger partial charge in [-0.2, -0.15) is 0 Å². The summed E-state index contributed by atoms with van der Waals surface area (Å²) in [6.45, 7) is 4.17. The average Bonchev–Trinajstić information content (AvgIpc) is 3.09. The van der Waals surface area contributed by atoms with Crippen LogP contribution in [0.3, 0.4) is 0 Å². The van der Waals surface area contributed by atoms with Gasteiger partial charge in [0.2, 0.25) is 0 Å². The molecule has 4 rings (SSSR count). The van der Waals surface area contributed by atoms with Crippen LogP contribution in [-0.4, -0.2) is 33.3 Å². The summed E-state index contributed by atoms with van der Waals surface area (Å²) in [7, 11) is 0. The van der Waals surface area contributed by atoms with Gasteiger partial charge in [0.05, 0.1) is 11.6 Å². The van der Waals surface area contributed by atoms with Gasteiger partial charge in [0.1, 0.15) is 18.1 Å². The number of aliphatic hydroxyl groups excluding tert-OH is 1. The summed E-state index contributed by atoms with van der Waals surface area (Å²) < 4.78 is 5.48. The fraction of sp³-hybridized carbons (Fsp3) is 0.115. The summed E-state index contributed by atoms with van der Waals surface area (Å²) in [6, 6.07) is 18.8. The third-order valence-electron chi connectivity index (χ3n) is 5.23. The number of pyridine rings is 1. The number of rotatable bonds is 7. The Morgan fingerprint density at radius 1 is 1.06 bits per heavy atom. The summed E-state index contributed by atoms with van der Waals surface area (Å²) >= 11 is 0. The Hall–Kier alpha value is -4.19. The number of hydrogen-bond acceptors (Lipinski definition) is 5. The third kappa shape index (κ3) is 4.16. The molecule has 2 aromatic carbocycles. The van der Waals surface area contributed by atoms with Crippen LogP contribution in [0.4, 0.5) is 0 Å². The molecule has 1 aliphatic rings. The van der Waals surface area contributed by atoms with E-state index in [1.54, 1.807) is 48.8 Å². The van der Waals surface area contributed by atoms with Crippen molar-refractivity contribution < 1.29 is 19.4 Å². The largest absolute Gasteiger partial charge is 0.507 e. The Bertz CT molecular complexity index is 1160. The molecule has 32 heavy (non-hydrogen) atoms. The SMILES string of the molecule is C=CCOc1ccc(C(O)=C2C(=O)C(=O)N(Cc3cccnc3)[C@H]2c2ccccc2)cc1. The van der Waals surface area contributed by atoms with E-state index >= 15 is 0 Å². The van der Waals surface area contributed by atoms with Gasteiger partial charge < -0.3 is 14.7 Å². The third-order valence-corrected chi connectivity index (χ3v) is 5.23. The molecule has 1 aliphatic heterocycles. The maximum absolute atomic E-state index is 13.1. The van der Waals surface area contributed by atoms with Crippen LogP contribution < -0.4 is 4.74 Å². The van der Waals surface area contributed by atoms with Crippen molar-refractivity contribution in [2.45, 2.75) is 12.6 Å². The van der Waals surface area contributed by atoms with Gasteiger partial charge >= 0.3 is 0 Å². The predicted molar refractivity (Wildman–Crippen MR) is 121 cm³/mol. The van der Waals surface area contributed by atoms with Crippen molar-refractivity contribution in [2.24, 2.45) is 0 Å². The van der Waals surface area contributed by atoms with Crippen molar-refractivity contribution >= 4 is 17.4 Å². The van der Waals surface area contributed by atoms with Crippen molar-refractivity contribution in [3.8, 4) is 5.75 Å². The molecular weight excluding hydrogens is 404 g/mol. The highest BCUT2D eigenvalue weighted by molar-refractivity contribution is 6.46. The lowest BCUT2D eigenvalue weighted by atomic mass is 9.95. The summed E-state index contributed by atoms with van der Waals surface area (Å²) in [5, 5.41) is 11.1. The molecule has 1 saturated heterocycles. The van der Waals surface area contributed by atoms with Crippen LogP contribution in [0.25, 0.3) is 5.76 Å². The molecule has 0 saturated carbocycles. The van der Waals surface area contributed by atoms with E-state index in [1.165, 1.54) is 4.90 Å². The number of carbonyl (C=O) groups is 2. The van der Waals surface area contributed by atoms with Crippen LogP contribution in [0, 0.1) is 0 Å². The molecular formula is C26H22N2O4. The highest BCUT2D eigenvalue weighted by atomic mass is 16.5. The van der Waals surface area contributed by atoms with Gasteiger partial charge in [0.25, 0.3) is 11.7 Å². The van der Waals surface area contributed by atoms with Gasteiger partial charge in [0.15, 0.2) is 0 Å². The monoisotopic (exact) mass is 426 g/mol. The Kier molecular flexibility index (Phi) is 6.12. The lowest BCUT2D eigenvalue weighted by Gasteiger charge is -2.25. The van der Waals surface area contributed by atoms with E-state index in [-0.39, 0.29) is 17.9 Å². The molecule has 2 heterocycles. The zero-order valence-corrected chi connectivity index (χ0v) is 17.3. The molecule has 0 spiro atoms. The number of hydrogen-bond donors (Lipinski definition) is 1. The Morgan fingerprint density at radius 2 is 1.81 bits per heavy atom. The Balaban J connectivity index is 1.77. The van der Waals surface area contributed by atoms with E-state index in [4.69, 9.17) is 4.74 Å². The van der Waals surface area contributed by atoms with Crippen LogP contribution in [0.15, 0.2) is 97.4 Å². The maximum Gasteiger partial charge on any atom is 0.295 e. The van der Waals surface area contributed by atoms with Crippen molar-refractivity contribution in [1.29, 1.82) is 0 Å². The molecule has 160 valence electrons. The minimum absolute atomic E-state index is 0.0600. The second kappa shape index (κ2) is 9.31. The van der Waals surface area contributed by atoms with E-state index in [2.05, 4.69) is 11.6 Å². The minimum Gasteiger partial charge on any atom is -0.507 e. The predicted octanol–water partition coefficient (Wildman–Crippen LogP) is 4.27. The Labute approximate surface area is 186 Å². The number of nitrogens with zero attached hydrogens (tertiary/aromatic N) is 2. The number of amides is 1. The molecule has 0 bridgehead atoms. The van der Waals surface area contributed by atoms with Crippen LogP contribution >= 0.6 is 0 Å². The molecule has 1 atom stereocenters. The van der Waals surface area contributed by atoms with E-state index in [0.29, 0.717) is 17.9 Å². The zero-order chi connectivity index (χ0) is 22.5. The summed E-state index contributed by atoms with van der Waals surface area (Å²) in [4.78, 5) is 31.6. The molecule has 1 aromatic heterocycles. The van der Waals surface area contributed by atoms with Gasteiger partial charge in [-0.3, -0.25) is 14.6 Å². The number of aliphatic hydroxyl groups is 1. The first-order valence-corrected chi connectivity index (χ1v) is 10.2. The first kappa shape index (κ1) is 21.1. The van der Waals surface area contributed by atoms with E-state index in [1.807, 2.05) is 36.4 Å². The quantitative estimate of drug-likeness (QED) is 0.264. The number of carbonyl (C=O) groups excluding carboxylic acids is 2. The number of aromatic nitrogens is 1. The van der Waals surface area contributed by atoms with Crippen LogP contribution in [0.1, 0.15) is 22.7 Å². The van der Waals surface area contributed by atoms with Crippen molar-refractivity contribution in [3.05, 3.63) is 114 Å². The van der Waals surface area contributed by atoms with Crippen molar-refractivity contribution in [3.63, 3.8) is 0 Å². The van der Waals surface area contributed by atoms with Crippen LogP contribution in [0.2, 0.25) is 0 Å². The average molecular weight is 426 g/mol. The van der Waals surface area contributed by atoms with Crippen molar-refractivity contribution in [2.75, 3.05) is 6.61 Å². The number of benzene rings is 2. The molecule has 6 heteroatoms. The summed E-state index contributed by atoms with van der Waals surface area (Å²) in [6.07, 6.45) is 4.94. The first-order valence-electron chi connectivity index (χ1n) is 10.2. The lowest BCUT2D eigenvalue weighted by Crippen LogP contribution is -2.29. The zero-order valence-electron chi connectivity index (χ0n) is 17.3. The molecule has 1 fully saturated rings. The van der Waals surface area contributed by atoms with Crippen LogP contribution in [-0.2, 0) is 16.1 Å². The highest BCUT2D eigenvalue weighted by Gasteiger charge is 2.46. The summed E-state index contributed by atoms with van der Waals surface area (Å²) in [5.41, 5.74) is 2.02. The van der Waals surface area contributed by atoms with Crippen LogP contribution in [0.5, 0.6) is 5.75 Å². The molecule has 1 N–H and O–H groups in total. The van der Waals surface area contributed by atoms with Gasteiger partial charge in [-0.25, -0.2) is 0 Å². The molecule has 3 aromatic rings. The molecule has 1 amide bonds. The van der Waals surface area contributed by atoms with E-state index < -0.39 is 17.7 Å². The number of ketones is 1. The fourth-order valence-electron chi connectivity index (χ4n) is 3.73. The number of ether oxygens (including phenoxy) is 1. The fourth-order valence-corrected chi connectivity index (χ4v) is 3.73. The van der Waals surface area contributed by atoms with Gasteiger partial charge in [0, 0.05) is 24.5 Å². The maximum atomic E-state index is 13.1. The standard InChI is InChI=1S/C26H22N2O4/c1-2-15-32-21-12-10-20(11-13-21)24(29)22-23(19-8-4-3-5-9-19)28(26(31)25(22)30)17-18-7-6-14-27-16-18/h2-14,16,23,29H,1,15,17H2/t23-/m0/s1.